The van der Waals surface area contributed by atoms with Gasteiger partial charge in [-0.3, -0.25) is 0 Å². The van der Waals surface area contributed by atoms with E-state index < -0.39 is 0 Å². The molecule has 2 heteroatoms. The minimum Gasteiger partial charge on any atom is -0.0862 e. The molecule has 0 aromatic heterocycles. The van der Waals surface area contributed by atoms with Crippen LogP contribution in [0.3, 0.4) is 0 Å². The number of hydrogen-bond acceptors (Lipinski definition) is 0. The Morgan fingerprint density at radius 3 is 2.00 bits per heavy atom. The Bertz CT molecular complexity index is 52.5. The molecule has 42 valence electrons. The molecule has 4 radical (unpaired) electrons. The molecule has 0 aromatic rings. The van der Waals surface area contributed by atoms with E-state index in [-0.39, 0.29) is 0 Å². The largest absolute Gasteiger partial charge is 0.0862 e. The van der Waals surface area contributed by atoms with E-state index in [1.807, 2.05) is 6.92 Å². The zero-order valence-electron chi connectivity index (χ0n) is 5.72. The fraction of sp³-hybridized carbons (Fsp3) is 1.00. The summed E-state index contributed by atoms with van der Waals surface area (Å²) in [7, 11) is 10.9. The van der Waals surface area contributed by atoms with Crippen LogP contribution in [-0.2, 0) is 0 Å². The van der Waals surface area contributed by atoms with Crippen LogP contribution in [0, 0.1) is 5.92 Å². The smallest absolute Gasteiger partial charge is 0.0695 e. The van der Waals surface area contributed by atoms with Crippen LogP contribution in [0.25, 0.3) is 0 Å². The van der Waals surface area contributed by atoms with Gasteiger partial charge < -0.3 is 0 Å². The van der Waals surface area contributed by atoms with Gasteiger partial charge in [0, 0.05) is 0 Å². The molecule has 0 bridgehead atoms. The standard InChI is InChI=1S/C6H12B2/c1-5(4-7)3-6(2)8/h5-6H,3-4H2,1-2H3. The van der Waals surface area contributed by atoms with E-state index in [0.717, 1.165) is 12.7 Å². The first-order chi connectivity index (χ1) is 3.66. The van der Waals surface area contributed by atoms with Crippen LogP contribution >= 0.6 is 0 Å². The summed E-state index contributed by atoms with van der Waals surface area (Å²) in [6.45, 7) is 4.12. The van der Waals surface area contributed by atoms with Gasteiger partial charge in [0.1, 0.15) is 0 Å². The van der Waals surface area contributed by atoms with Crippen LogP contribution in [0.1, 0.15) is 20.3 Å². The van der Waals surface area contributed by atoms with Crippen molar-refractivity contribution in [3.63, 3.8) is 0 Å². The normalized spacial score (nSPS) is 17.8. The Labute approximate surface area is 54.9 Å². The molecule has 0 amide bonds. The molecule has 2 unspecified atom stereocenters. The molecule has 0 spiro atoms. The van der Waals surface area contributed by atoms with Crippen molar-refractivity contribution in [1.29, 1.82) is 0 Å². The zero-order chi connectivity index (χ0) is 6.57. The van der Waals surface area contributed by atoms with Gasteiger partial charge in [-0.2, -0.15) is 0 Å². The van der Waals surface area contributed by atoms with E-state index in [1.54, 1.807) is 0 Å². The first-order valence-electron chi connectivity index (χ1n) is 3.12. The maximum absolute atomic E-state index is 5.51. The molecular formula is C6H12B2. The van der Waals surface area contributed by atoms with Gasteiger partial charge in [-0.25, -0.2) is 0 Å². The highest BCUT2D eigenvalue weighted by Gasteiger charge is 1.99. The van der Waals surface area contributed by atoms with Gasteiger partial charge in [0.25, 0.3) is 0 Å². The van der Waals surface area contributed by atoms with Gasteiger partial charge in [-0.05, 0) is 0 Å². The van der Waals surface area contributed by atoms with E-state index in [2.05, 4.69) is 6.92 Å². The summed E-state index contributed by atoms with van der Waals surface area (Å²) in [6, 6.07) is 0. The molecular weight excluding hydrogens is 93.7 g/mol. The minimum absolute atomic E-state index is 0.300. The van der Waals surface area contributed by atoms with Crippen molar-refractivity contribution in [3.05, 3.63) is 0 Å². The van der Waals surface area contributed by atoms with Crippen molar-refractivity contribution in [2.75, 3.05) is 0 Å². The van der Waals surface area contributed by atoms with Crippen LogP contribution < -0.4 is 0 Å². The van der Waals surface area contributed by atoms with Gasteiger partial charge >= 0.3 is 0 Å². The first-order valence-corrected chi connectivity index (χ1v) is 3.12. The third kappa shape index (κ3) is 4.29. The quantitative estimate of drug-likeness (QED) is 0.479. The van der Waals surface area contributed by atoms with Gasteiger partial charge in [-0.1, -0.05) is 38.3 Å². The van der Waals surface area contributed by atoms with Crippen LogP contribution in [0.15, 0.2) is 0 Å². The molecule has 2 atom stereocenters. The lowest BCUT2D eigenvalue weighted by Crippen LogP contribution is -1.96. The highest BCUT2D eigenvalue weighted by molar-refractivity contribution is 6.11. The maximum Gasteiger partial charge on any atom is 0.0695 e. The highest BCUT2D eigenvalue weighted by atomic mass is 14.0. The Morgan fingerprint density at radius 1 is 1.38 bits per heavy atom. The SMILES string of the molecule is [B]CC(C)CC([B])C. The van der Waals surface area contributed by atoms with E-state index >= 15 is 0 Å². The molecule has 0 saturated heterocycles. The second kappa shape index (κ2) is 4.05. The molecule has 0 fully saturated rings. The lowest BCUT2D eigenvalue weighted by Gasteiger charge is -2.10. The first kappa shape index (κ1) is 8.13. The molecule has 0 heterocycles. The summed E-state index contributed by atoms with van der Waals surface area (Å²) in [5.74, 6) is 0.878. The number of rotatable bonds is 3. The molecule has 0 nitrogen and oxygen atoms in total. The molecule has 0 saturated carbocycles. The fourth-order valence-corrected chi connectivity index (χ4v) is 0.731. The van der Waals surface area contributed by atoms with Crippen molar-refractivity contribution in [1.82, 2.24) is 0 Å². The van der Waals surface area contributed by atoms with Gasteiger partial charge in [0.05, 0.1) is 15.7 Å². The second-order valence-corrected chi connectivity index (χ2v) is 2.55. The number of hydrogen-bond donors (Lipinski definition) is 0. The molecule has 0 N–H and O–H groups in total. The van der Waals surface area contributed by atoms with Crippen LogP contribution in [0.5, 0.6) is 0 Å². The molecule has 8 heavy (non-hydrogen) atoms. The van der Waals surface area contributed by atoms with Crippen molar-refractivity contribution in [2.45, 2.75) is 32.4 Å². The Kier molecular flexibility index (Phi) is 4.12. The lowest BCUT2D eigenvalue weighted by atomic mass is 9.78. The topological polar surface area (TPSA) is 0 Å². The summed E-state index contributed by atoms with van der Waals surface area (Å²) < 4.78 is 0. The summed E-state index contributed by atoms with van der Waals surface area (Å²) in [4.78, 5) is 0. The average Bonchev–Trinajstić information content (AvgIpc) is 1.65. The van der Waals surface area contributed by atoms with Crippen LogP contribution in [0.4, 0.5) is 0 Å². The molecule has 0 aliphatic heterocycles. The van der Waals surface area contributed by atoms with E-state index in [4.69, 9.17) is 15.7 Å². The summed E-state index contributed by atoms with van der Waals surface area (Å²) in [6.07, 6.45) is 1.79. The molecule has 0 aliphatic rings. The second-order valence-electron chi connectivity index (χ2n) is 2.55. The van der Waals surface area contributed by atoms with Gasteiger partial charge in [0.2, 0.25) is 0 Å². The zero-order valence-corrected chi connectivity index (χ0v) is 5.72. The fourth-order valence-electron chi connectivity index (χ4n) is 0.731. The van der Waals surface area contributed by atoms with Crippen molar-refractivity contribution >= 4 is 15.7 Å². The monoisotopic (exact) mass is 106 g/mol. The van der Waals surface area contributed by atoms with Gasteiger partial charge in [-0.15, -0.1) is 0 Å². The van der Waals surface area contributed by atoms with Crippen LogP contribution in [0.2, 0.25) is 12.1 Å². The van der Waals surface area contributed by atoms with Crippen molar-refractivity contribution < 1.29 is 0 Å². The molecule has 0 aliphatic carbocycles. The average molecular weight is 106 g/mol. The summed E-state index contributed by atoms with van der Waals surface area (Å²) in [5, 5.41) is 0. The highest BCUT2D eigenvalue weighted by Crippen LogP contribution is 2.14. The Hall–Kier alpha value is 0.130. The molecule has 0 rings (SSSR count). The van der Waals surface area contributed by atoms with Crippen molar-refractivity contribution in [2.24, 2.45) is 5.92 Å². The third-order valence-corrected chi connectivity index (χ3v) is 1.18. The maximum atomic E-state index is 5.51. The predicted molar refractivity (Wildman–Crippen MR) is 39.5 cm³/mol. The van der Waals surface area contributed by atoms with E-state index in [0.29, 0.717) is 11.7 Å². The molecule has 0 aromatic carbocycles. The van der Waals surface area contributed by atoms with Gasteiger partial charge in [0.15, 0.2) is 0 Å². The minimum atomic E-state index is 0.300. The lowest BCUT2D eigenvalue weighted by molar-refractivity contribution is 0.575. The van der Waals surface area contributed by atoms with Crippen molar-refractivity contribution in [3.8, 4) is 0 Å². The third-order valence-electron chi connectivity index (χ3n) is 1.18. The Morgan fingerprint density at radius 2 is 1.88 bits per heavy atom. The predicted octanol–water partition coefficient (Wildman–Crippen LogP) is 1.58. The van der Waals surface area contributed by atoms with Crippen LogP contribution in [-0.4, -0.2) is 15.7 Å². The summed E-state index contributed by atoms with van der Waals surface area (Å²) in [5.41, 5.74) is 0. The van der Waals surface area contributed by atoms with E-state index in [9.17, 15) is 0 Å². The van der Waals surface area contributed by atoms with E-state index in [1.165, 1.54) is 0 Å². The summed E-state index contributed by atoms with van der Waals surface area (Å²) >= 11 is 0. The Balaban J connectivity index is 3.10.